The molecule has 1 aliphatic rings. The second-order valence-corrected chi connectivity index (χ2v) is 3.87. The molecule has 0 spiro atoms. The Morgan fingerprint density at radius 3 is 2.00 bits per heavy atom. The quantitative estimate of drug-likeness (QED) is 0.233. The molecule has 88 valence electrons. The summed E-state index contributed by atoms with van der Waals surface area (Å²) in [6, 6.07) is -1.95. The fraction of sp³-hybridized carbons (Fsp3) is 1.00. The second-order valence-electron chi connectivity index (χ2n) is 3.87. The molecule has 0 saturated heterocycles. The lowest BCUT2D eigenvalue weighted by Crippen LogP contribution is -2.71. The van der Waals surface area contributed by atoms with Gasteiger partial charge in [0.1, 0.15) is 18.3 Å². The monoisotopic (exact) mass is 223 g/mol. The maximum absolute atomic E-state index is 10.6. The van der Waals surface area contributed by atoms with Crippen molar-refractivity contribution in [2.75, 3.05) is 0 Å². The lowest BCUT2D eigenvalue weighted by atomic mass is 9.74. The number of hydrogen-bond acceptors (Lipinski definition) is 7. The molecule has 0 aromatic carbocycles. The van der Waals surface area contributed by atoms with Crippen LogP contribution in [0.1, 0.15) is 6.92 Å². The zero-order valence-corrected chi connectivity index (χ0v) is 7.89. The number of aliphatic hydroxyl groups excluding tert-OH is 4. The molecule has 0 aromatic rings. The normalized spacial score (nSPS) is 51.5. The van der Waals surface area contributed by atoms with Gasteiger partial charge in [-0.15, -0.1) is 0 Å². The van der Waals surface area contributed by atoms with Gasteiger partial charge in [-0.3, -0.25) is 10.1 Å². The number of aliphatic hydroxyl groups is 5. The highest BCUT2D eigenvalue weighted by Gasteiger charge is 2.61. The standard InChI is InChI=1S/C7H13NO7/c1-7(13)5(8(14)15)3(10)2(9)4(11)6(7)12/h2-6,9-13H,1H3/t2-,3+,4+,5-,6-,7-/m0/s1. The molecule has 8 heteroatoms. The molecule has 1 rings (SSSR count). The van der Waals surface area contributed by atoms with E-state index >= 15 is 0 Å². The van der Waals surface area contributed by atoms with E-state index in [9.17, 15) is 35.6 Å². The molecule has 1 aliphatic carbocycles. The second kappa shape index (κ2) is 3.65. The van der Waals surface area contributed by atoms with Gasteiger partial charge < -0.3 is 25.5 Å². The van der Waals surface area contributed by atoms with Crippen LogP contribution in [0, 0.1) is 10.1 Å². The van der Waals surface area contributed by atoms with Crippen LogP contribution < -0.4 is 0 Å². The fourth-order valence-corrected chi connectivity index (χ4v) is 1.78. The number of rotatable bonds is 1. The van der Waals surface area contributed by atoms with Crippen molar-refractivity contribution in [3.05, 3.63) is 10.1 Å². The number of nitro groups is 1. The molecule has 0 aromatic heterocycles. The number of nitrogens with zero attached hydrogens (tertiary/aromatic N) is 1. The molecule has 0 heterocycles. The van der Waals surface area contributed by atoms with Crippen LogP contribution in [0.25, 0.3) is 0 Å². The smallest absolute Gasteiger partial charge is 0.271 e. The summed E-state index contributed by atoms with van der Waals surface area (Å²) in [5.74, 6) is 0. The first-order valence-corrected chi connectivity index (χ1v) is 4.29. The van der Waals surface area contributed by atoms with Gasteiger partial charge in [0.2, 0.25) is 0 Å². The Balaban J connectivity index is 3.10. The van der Waals surface area contributed by atoms with E-state index in [4.69, 9.17) is 0 Å². The first kappa shape index (κ1) is 12.3. The summed E-state index contributed by atoms with van der Waals surface area (Å²) in [4.78, 5) is 9.56. The highest BCUT2D eigenvalue weighted by Crippen LogP contribution is 2.31. The molecule has 0 unspecified atom stereocenters. The van der Waals surface area contributed by atoms with E-state index in [0.717, 1.165) is 6.92 Å². The number of hydrogen-bond donors (Lipinski definition) is 5. The first-order valence-electron chi connectivity index (χ1n) is 4.29. The van der Waals surface area contributed by atoms with Crippen LogP contribution in [-0.4, -0.2) is 66.5 Å². The molecule has 0 bridgehead atoms. The molecule has 0 aliphatic heterocycles. The predicted molar refractivity (Wildman–Crippen MR) is 45.4 cm³/mol. The highest BCUT2D eigenvalue weighted by molar-refractivity contribution is 5.06. The maximum atomic E-state index is 10.6. The Hall–Kier alpha value is -0.800. The zero-order valence-electron chi connectivity index (χ0n) is 7.89. The van der Waals surface area contributed by atoms with Gasteiger partial charge in [0.15, 0.2) is 11.7 Å². The molecule has 0 radical (unpaired) electrons. The predicted octanol–water partition coefficient (Wildman–Crippen LogP) is -3.16. The first-order chi connectivity index (χ1) is 6.71. The minimum Gasteiger partial charge on any atom is -0.387 e. The Kier molecular flexibility index (Phi) is 2.99. The SMILES string of the molecule is C[C@]1(O)[C@@H]([N+](=O)[O-])[C@H](O)[C@H](O)[C@@H](O)[C@@H]1O. The summed E-state index contributed by atoms with van der Waals surface area (Å²) in [7, 11) is 0. The molecule has 0 amide bonds. The molecule has 1 fully saturated rings. The van der Waals surface area contributed by atoms with Crippen LogP contribution in [0.4, 0.5) is 0 Å². The van der Waals surface area contributed by atoms with Crippen molar-refractivity contribution in [2.24, 2.45) is 0 Å². The molecular weight excluding hydrogens is 210 g/mol. The van der Waals surface area contributed by atoms with E-state index < -0.39 is 41.0 Å². The van der Waals surface area contributed by atoms with Gasteiger partial charge in [0.25, 0.3) is 6.04 Å². The van der Waals surface area contributed by atoms with E-state index in [0.29, 0.717) is 0 Å². The van der Waals surface area contributed by atoms with Crippen molar-refractivity contribution >= 4 is 0 Å². The van der Waals surface area contributed by atoms with Gasteiger partial charge in [0.05, 0.1) is 0 Å². The van der Waals surface area contributed by atoms with Gasteiger partial charge in [0, 0.05) is 4.92 Å². The minimum absolute atomic E-state index is 0.920. The summed E-state index contributed by atoms with van der Waals surface area (Å²) in [6.07, 6.45) is -7.53. The summed E-state index contributed by atoms with van der Waals surface area (Å²) >= 11 is 0. The molecule has 5 N–H and O–H groups in total. The average Bonchev–Trinajstić information content (AvgIpc) is 2.11. The Bertz CT molecular complexity index is 268. The largest absolute Gasteiger partial charge is 0.387 e. The van der Waals surface area contributed by atoms with Crippen molar-refractivity contribution < 1.29 is 30.5 Å². The Labute approximate surface area is 84.5 Å². The van der Waals surface area contributed by atoms with Gasteiger partial charge in [-0.2, -0.15) is 0 Å². The van der Waals surface area contributed by atoms with Gasteiger partial charge in [-0.25, -0.2) is 0 Å². The van der Waals surface area contributed by atoms with Crippen molar-refractivity contribution in [1.29, 1.82) is 0 Å². The van der Waals surface area contributed by atoms with Crippen molar-refractivity contribution in [2.45, 2.75) is 43.0 Å². The third kappa shape index (κ3) is 1.70. The molecule has 1 saturated carbocycles. The van der Waals surface area contributed by atoms with E-state index in [1.807, 2.05) is 0 Å². The van der Waals surface area contributed by atoms with Gasteiger partial charge in [-0.05, 0) is 6.92 Å². The molecular formula is C7H13NO7. The van der Waals surface area contributed by atoms with Gasteiger partial charge >= 0.3 is 0 Å². The lowest BCUT2D eigenvalue weighted by Gasteiger charge is -2.43. The lowest BCUT2D eigenvalue weighted by molar-refractivity contribution is -0.570. The van der Waals surface area contributed by atoms with E-state index in [1.165, 1.54) is 0 Å². The average molecular weight is 223 g/mol. The Morgan fingerprint density at radius 2 is 1.60 bits per heavy atom. The third-order valence-electron chi connectivity index (χ3n) is 2.77. The van der Waals surface area contributed by atoms with E-state index in [1.54, 1.807) is 0 Å². The summed E-state index contributed by atoms with van der Waals surface area (Å²) < 4.78 is 0. The van der Waals surface area contributed by atoms with Crippen LogP contribution in [0.5, 0.6) is 0 Å². The van der Waals surface area contributed by atoms with Crippen LogP contribution in [0.3, 0.4) is 0 Å². The summed E-state index contributed by atoms with van der Waals surface area (Å²) in [5, 5.41) is 57.2. The zero-order chi connectivity index (χ0) is 12.0. The Morgan fingerprint density at radius 1 is 1.13 bits per heavy atom. The van der Waals surface area contributed by atoms with Crippen molar-refractivity contribution in [3.63, 3.8) is 0 Å². The van der Waals surface area contributed by atoms with E-state index in [2.05, 4.69) is 0 Å². The molecule has 8 nitrogen and oxygen atoms in total. The summed E-state index contributed by atoms with van der Waals surface area (Å²) in [5.41, 5.74) is -2.30. The third-order valence-corrected chi connectivity index (χ3v) is 2.77. The molecule has 15 heavy (non-hydrogen) atoms. The fourth-order valence-electron chi connectivity index (χ4n) is 1.78. The van der Waals surface area contributed by atoms with E-state index in [-0.39, 0.29) is 0 Å². The highest BCUT2D eigenvalue weighted by atomic mass is 16.6. The topological polar surface area (TPSA) is 144 Å². The van der Waals surface area contributed by atoms with Gasteiger partial charge in [-0.1, -0.05) is 0 Å². The minimum atomic E-state index is -2.30. The van der Waals surface area contributed by atoms with Crippen LogP contribution in [0.2, 0.25) is 0 Å². The van der Waals surface area contributed by atoms with Crippen LogP contribution in [-0.2, 0) is 0 Å². The maximum Gasteiger partial charge on any atom is 0.271 e. The van der Waals surface area contributed by atoms with Crippen molar-refractivity contribution in [1.82, 2.24) is 0 Å². The van der Waals surface area contributed by atoms with Crippen molar-refractivity contribution in [3.8, 4) is 0 Å². The molecule has 6 atom stereocenters. The van der Waals surface area contributed by atoms with Crippen LogP contribution in [0.15, 0.2) is 0 Å². The summed E-state index contributed by atoms with van der Waals surface area (Å²) in [6.45, 7) is 0.920. The van der Waals surface area contributed by atoms with Crippen LogP contribution >= 0.6 is 0 Å².